The molecule has 1 unspecified atom stereocenters. The quantitative estimate of drug-likeness (QED) is 0.282. The number of likely N-dealkylation sites (tertiary alicyclic amines) is 1. The molecule has 2 fully saturated rings. The lowest BCUT2D eigenvalue weighted by atomic mass is 9.90. The normalized spacial score (nSPS) is 19.8. The van der Waals surface area contributed by atoms with E-state index in [9.17, 15) is 9.59 Å². The fraction of sp³-hybridized carbons (Fsp3) is 0.444. The molecule has 2 amide bonds. The van der Waals surface area contributed by atoms with E-state index in [0.717, 1.165) is 38.0 Å². The summed E-state index contributed by atoms with van der Waals surface area (Å²) < 4.78 is 0. The Morgan fingerprint density at radius 2 is 1.53 bits per heavy atom. The van der Waals surface area contributed by atoms with Crippen molar-refractivity contribution in [2.75, 3.05) is 39.3 Å². The molecule has 5 rings (SSSR count). The first-order chi connectivity index (χ1) is 21.0. The number of nitrogens with zero attached hydrogens (tertiary/aromatic N) is 2. The van der Waals surface area contributed by atoms with Crippen LogP contribution >= 0.6 is 11.6 Å². The molecule has 3 aromatic rings. The second-order valence-electron chi connectivity index (χ2n) is 12.0. The van der Waals surface area contributed by atoms with Crippen molar-refractivity contribution >= 4 is 23.4 Å². The highest BCUT2D eigenvalue weighted by molar-refractivity contribution is 6.30. The fourth-order valence-corrected chi connectivity index (χ4v) is 6.48. The summed E-state index contributed by atoms with van der Waals surface area (Å²) >= 11 is 6.00. The molecular formula is C36H45ClN4O2. The highest BCUT2D eigenvalue weighted by atomic mass is 35.5. The lowest BCUT2D eigenvalue weighted by Crippen LogP contribution is -2.50. The van der Waals surface area contributed by atoms with Gasteiger partial charge in [0.1, 0.15) is 0 Å². The average Bonchev–Trinajstić information content (AvgIpc) is 3.20. The first-order valence-corrected chi connectivity index (χ1v) is 16.3. The molecule has 2 aliphatic rings. The van der Waals surface area contributed by atoms with E-state index in [0.29, 0.717) is 37.5 Å². The van der Waals surface area contributed by atoms with Gasteiger partial charge in [0.2, 0.25) is 11.8 Å². The second-order valence-corrected chi connectivity index (χ2v) is 12.4. The van der Waals surface area contributed by atoms with E-state index in [4.69, 9.17) is 11.6 Å². The lowest BCUT2D eigenvalue weighted by Gasteiger charge is -2.31. The number of nitrogens with one attached hydrogen (secondary N) is 2. The maximum absolute atomic E-state index is 14.1. The van der Waals surface area contributed by atoms with E-state index in [1.165, 1.54) is 30.4 Å². The average molecular weight is 601 g/mol. The van der Waals surface area contributed by atoms with Crippen LogP contribution in [0, 0.1) is 0 Å². The van der Waals surface area contributed by atoms with Crippen molar-refractivity contribution in [1.82, 2.24) is 20.4 Å². The monoisotopic (exact) mass is 600 g/mol. The smallest absolute Gasteiger partial charge is 0.239 e. The van der Waals surface area contributed by atoms with Crippen molar-refractivity contribution in [3.63, 3.8) is 0 Å². The van der Waals surface area contributed by atoms with E-state index >= 15 is 0 Å². The lowest BCUT2D eigenvalue weighted by molar-refractivity contribution is -0.133. The summed E-state index contributed by atoms with van der Waals surface area (Å²) in [4.78, 5) is 31.5. The van der Waals surface area contributed by atoms with Gasteiger partial charge in [-0.25, -0.2) is 0 Å². The number of benzene rings is 3. The van der Waals surface area contributed by atoms with Gasteiger partial charge in [0.05, 0.1) is 6.04 Å². The Balaban J connectivity index is 1.25. The summed E-state index contributed by atoms with van der Waals surface area (Å²) in [6, 6.07) is 28.4. The summed E-state index contributed by atoms with van der Waals surface area (Å²) in [5.41, 5.74) is 3.53. The number of piperidine rings is 1. The molecule has 2 N–H and O–H groups in total. The van der Waals surface area contributed by atoms with Crippen molar-refractivity contribution < 1.29 is 9.59 Å². The topological polar surface area (TPSA) is 64.7 Å². The highest BCUT2D eigenvalue weighted by Gasteiger charge is 2.33. The first-order valence-electron chi connectivity index (χ1n) is 15.9. The fourth-order valence-electron chi connectivity index (χ4n) is 6.35. The van der Waals surface area contributed by atoms with Crippen LogP contribution in [0.25, 0.3) is 0 Å². The minimum Gasteiger partial charge on any atom is -0.355 e. The molecule has 7 heteroatoms. The van der Waals surface area contributed by atoms with Gasteiger partial charge in [0.15, 0.2) is 0 Å². The molecule has 2 saturated heterocycles. The molecule has 2 heterocycles. The van der Waals surface area contributed by atoms with E-state index in [2.05, 4.69) is 69.0 Å². The van der Waals surface area contributed by atoms with Gasteiger partial charge in [0, 0.05) is 49.6 Å². The predicted octanol–water partition coefficient (Wildman–Crippen LogP) is 5.66. The summed E-state index contributed by atoms with van der Waals surface area (Å²) in [5.74, 6) is 0.297. The third kappa shape index (κ3) is 9.40. The Morgan fingerprint density at radius 3 is 2.19 bits per heavy atom. The Kier molecular flexibility index (Phi) is 11.7. The van der Waals surface area contributed by atoms with Crippen LogP contribution in [-0.2, 0) is 16.0 Å². The molecule has 0 aliphatic carbocycles. The first kappa shape index (κ1) is 31.2. The van der Waals surface area contributed by atoms with Crippen molar-refractivity contribution in [1.29, 1.82) is 0 Å². The van der Waals surface area contributed by atoms with Crippen LogP contribution in [-0.4, -0.2) is 73.0 Å². The predicted molar refractivity (Wildman–Crippen MR) is 174 cm³/mol. The van der Waals surface area contributed by atoms with E-state index in [1.54, 1.807) is 0 Å². The molecule has 43 heavy (non-hydrogen) atoms. The molecule has 2 aliphatic heterocycles. The van der Waals surface area contributed by atoms with Gasteiger partial charge in [-0.1, -0.05) is 90.8 Å². The summed E-state index contributed by atoms with van der Waals surface area (Å²) in [7, 11) is 0. The van der Waals surface area contributed by atoms with Crippen LogP contribution in [0.1, 0.15) is 61.1 Å². The zero-order valence-corrected chi connectivity index (χ0v) is 25.9. The van der Waals surface area contributed by atoms with Crippen LogP contribution in [0.15, 0.2) is 84.9 Å². The highest BCUT2D eigenvalue weighted by Crippen LogP contribution is 2.27. The Bertz CT molecular complexity index is 1240. The van der Waals surface area contributed by atoms with Gasteiger partial charge >= 0.3 is 0 Å². The van der Waals surface area contributed by atoms with Crippen molar-refractivity contribution in [2.45, 2.75) is 62.9 Å². The summed E-state index contributed by atoms with van der Waals surface area (Å²) in [5, 5.41) is 7.52. The minimum atomic E-state index is -0.271. The summed E-state index contributed by atoms with van der Waals surface area (Å²) in [6.07, 6.45) is 6.43. The van der Waals surface area contributed by atoms with E-state index < -0.39 is 0 Å². The van der Waals surface area contributed by atoms with Gasteiger partial charge < -0.3 is 20.4 Å². The minimum absolute atomic E-state index is 0.0299. The third-order valence-corrected chi connectivity index (χ3v) is 9.14. The largest absolute Gasteiger partial charge is 0.355 e. The second kappa shape index (κ2) is 16.0. The van der Waals surface area contributed by atoms with Crippen molar-refractivity contribution in [2.24, 2.45) is 0 Å². The molecule has 6 nitrogen and oxygen atoms in total. The van der Waals surface area contributed by atoms with Crippen LogP contribution in [0.3, 0.4) is 0 Å². The zero-order valence-electron chi connectivity index (χ0n) is 25.1. The van der Waals surface area contributed by atoms with Gasteiger partial charge in [-0.2, -0.15) is 0 Å². The number of carbonyl (C=O) groups is 2. The molecule has 0 spiro atoms. The standard InChI is InChI=1S/C36H45ClN4O2/c37-31-17-14-28(15-18-31)16-19-35(42)38-26-32-20-25-41(36(43)34(39-32)21-24-40-22-8-3-9-23-40)27-33(29-10-4-1-5-11-29)30-12-6-2-7-13-30/h1-2,4-7,10-15,17-18,32-34,39H,3,8-9,16,19-27H2,(H,38,42)/t32-,34?/m0/s1. The van der Waals surface area contributed by atoms with Gasteiger partial charge in [-0.15, -0.1) is 0 Å². The van der Waals surface area contributed by atoms with Crippen molar-refractivity contribution in [3.8, 4) is 0 Å². The molecule has 3 aromatic carbocycles. The van der Waals surface area contributed by atoms with Gasteiger partial charge in [-0.05, 0) is 74.0 Å². The van der Waals surface area contributed by atoms with Gasteiger partial charge in [0.25, 0.3) is 0 Å². The number of carbonyl (C=O) groups excluding carboxylic acids is 2. The maximum Gasteiger partial charge on any atom is 0.239 e. The molecule has 0 bridgehead atoms. The van der Waals surface area contributed by atoms with Crippen LogP contribution in [0.4, 0.5) is 0 Å². The Morgan fingerprint density at radius 1 is 0.884 bits per heavy atom. The van der Waals surface area contributed by atoms with Gasteiger partial charge in [-0.3, -0.25) is 9.59 Å². The SMILES string of the molecule is O=C(CCc1ccc(Cl)cc1)NC[C@@H]1CCN(CC(c2ccccc2)c2ccccc2)C(=O)C(CCN2CCCCC2)N1. The van der Waals surface area contributed by atoms with Crippen LogP contribution in [0.5, 0.6) is 0 Å². The van der Waals surface area contributed by atoms with Crippen LogP contribution < -0.4 is 10.6 Å². The number of hydrogen-bond donors (Lipinski definition) is 2. The summed E-state index contributed by atoms with van der Waals surface area (Å²) in [6.45, 7) is 4.95. The third-order valence-electron chi connectivity index (χ3n) is 8.88. The number of hydrogen-bond acceptors (Lipinski definition) is 4. The number of halogens is 1. The number of aryl methyl sites for hydroxylation is 1. The van der Waals surface area contributed by atoms with Crippen molar-refractivity contribution in [3.05, 3.63) is 107 Å². The number of amides is 2. The van der Waals surface area contributed by atoms with Crippen LogP contribution in [0.2, 0.25) is 5.02 Å². The zero-order chi connectivity index (χ0) is 29.9. The molecule has 0 saturated carbocycles. The maximum atomic E-state index is 14.1. The molecule has 2 atom stereocenters. The molecular weight excluding hydrogens is 556 g/mol. The Hall–Kier alpha value is -3.19. The molecule has 228 valence electrons. The number of rotatable bonds is 12. The molecule has 0 aromatic heterocycles. The van der Waals surface area contributed by atoms with E-state index in [-0.39, 0.29) is 29.8 Å². The Labute approximate surface area is 261 Å². The molecule has 0 radical (unpaired) electrons. The van der Waals surface area contributed by atoms with E-state index in [1.807, 2.05) is 36.4 Å².